The molecule has 2 aromatic carbocycles. The fourth-order valence-electron chi connectivity index (χ4n) is 2.65. The van der Waals surface area contributed by atoms with Crippen LogP contribution in [0.15, 0.2) is 48.5 Å². The number of ether oxygens (including phenoxy) is 1. The second kappa shape index (κ2) is 9.08. The Morgan fingerprint density at radius 2 is 1.88 bits per heavy atom. The van der Waals surface area contributed by atoms with E-state index in [2.05, 4.69) is 12.2 Å². The lowest BCUT2D eigenvalue weighted by molar-refractivity contribution is -0.139. The van der Waals surface area contributed by atoms with Gasteiger partial charge in [-0.15, -0.1) is 0 Å². The Kier molecular flexibility index (Phi) is 6.82. The number of methoxy groups -OCH3 is 1. The van der Waals surface area contributed by atoms with Gasteiger partial charge in [-0.3, -0.25) is 4.79 Å². The van der Waals surface area contributed by atoms with Crippen molar-refractivity contribution in [3.63, 3.8) is 0 Å². The molecule has 1 atom stereocenters. The molecule has 0 fully saturated rings. The standard InChI is InChI=1S/C20H25NO3/c1-3-4-8-18(20(22)23)21-14-15-10-12-16(13-11-15)17-7-5-6-9-19(17)24-2/h5-7,9-13,18,21H,3-4,8,14H2,1-2H3,(H,22,23)/t18-/m0/s1. The Hall–Kier alpha value is -2.33. The lowest BCUT2D eigenvalue weighted by atomic mass is 10.0. The van der Waals surface area contributed by atoms with E-state index in [1.165, 1.54) is 0 Å². The quantitative estimate of drug-likeness (QED) is 0.728. The first kappa shape index (κ1) is 18.0. The Labute approximate surface area is 143 Å². The molecule has 0 aromatic heterocycles. The molecule has 0 amide bonds. The molecular weight excluding hydrogens is 302 g/mol. The minimum absolute atomic E-state index is 0.487. The van der Waals surface area contributed by atoms with E-state index in [1.807, 2.05) is 48.5 Å². The van der Waals surface area contributed by atoms with Crippen molar-refractivity contribution in [1.29, 1.82) is 0 Å². The predicted molar refractivity (Wildman–Crippen MR) is 96.2 cm³/mol. The molecule has 0 saturated carbocycles. The van der Waals surface area contributed by atoms with Crippen LogP contribution in [0.25, 0.3) is 11.1 Å². The summed E-state index contributed by atoms with van der Waals surface area (Å²) >= 11 is 0. The maximum Gasteiger partial charge on any atom is 0.320 e. The molecule has 0 aliphatic rings. The van der Waals surface area contributed by atoms with Crippen molar-refractivity contribution >= 4 is 5.97 Å². The number of rotatable bonds is 9. The normalized spacial score (nSPS) is 11.9. The van der Waals surface area contributed by atoms with Gasteiger partial charge in [0.2, 0.25) is 0 Å². The summed E-state index contributed by atoms with van der Waals surface area (Å²) in [7, 11) is 1.67. The number of hydrogen-bond acceptors (Lipinski definition) is 3. The van der Waals surface area contributed by atoms with E-state index in [0.717, 1.165) is 35.3 Å². The van der Waals surface area contributed by atoms with Crippen molar-refractivity contribution < 1.29 is 14.6 Å². The van der Waals surface area contributed by atoms with Gasteiger partial charge in [-0.2, -0.15) is 0 Å². The number of unbranched alkanes of at least 4 members (excludes halogenated alkanes) is 1. The SMILES string of the molecule is CCCC[C@H](NCc1ccc(-c2ccccc2OC)cc1)C(=O)O. The largest absolute Gasteiger partial charge is 0.496 e. The maximum absolute atomic E-state index is 11.3. The molecule has 0 radical (unpaired) electrons. The van der Waals surface area contributed by atoms with Crippen LogP contribution in [0.1, 0.15) is 31.7 Å². The van der Waals surface area contributed by atoms with E-state index < -0.39 is 12.0 Å². The lowest BCUT2D eigenvalue weighted by Gasteiger charge is -2.14. The number of benzene rings is 2. The van der Waals surface area contributed by atoms with Gasteiger partial charge >= 0.3 is 5.97 Å². The minimum atomic E-state index is -0.783. The third-order valence-corrected chi connectivity index (χ3v) is 4.07. The van der Waals surface area contributed by atoms with Crippen LogP contribution in [-0.2, 0) is 11.3 Å². The highest BCUT2D eigenvalue weighted by atomic mass is 16.5. The molecule has 0 bridgehead atoms. The summed E-state index contributed by atoms with van der Waals surface area (Å²) in [6.45, 7) is 2.61. The van der Waals surface area contributed by atoms with Crippen molar-refractivity contribution in [3.05, 3.63) is 54.1 Å². The third-order valence-electron chi connectivity index (χ3n) is 4.07. The average molecular weight is 327 g/mol. The molecule has 0 aliphatic carbocycles. The Morgan fingerprint density at radius 1 is 1.17 bits per heavy atom. The molecule has 0 saturated heterocycles. The van der Waals surface area contributed by atoms with E-state index in [1.54, 1.807) is 7.11 Å². The number of carboxylic acids is 1. The van der Waals surface area contributed by atoms with Gasteiger partial charge in [0.15, 0.2) is 0 Å². The van der Waals surface area contributed by atoms with E-state index in [-0.39, 0.29) is 0 Å². The van der Waals surface area contributed by atoms with Gasteiger partial charge < -0.3 is 15.2 Å². The molecule has 4 nitrogen and oxygen atoms in total. The van der Waals surface area contributed by atoms with Gasteiger partial charge in [-0.1, -0.05) is 62.2 Å². The van der Waals surface area contributed by atoms with Crippen LogP contribution in [0, 0.1) is 0 Å². The van der Waals surface area contributed by atoms with Crippen LogP contribution >= 0.6 is 0 Å². The summed E-state index contributed by atoms with van der Waals surface area (Å²) in [5.74, 6) is 0.0583. The van der Waals surface area contributed by atoms with Crippen LogP contribution in [-0.4, -0.2) is 24.2 Å². The number of nitrogens with one attached hydrogen (secondary N) is 1. The zero-order chi connectivity index (χ0) is 17.4. The third kappa shape index (κ3) is 4.83. The van der Waals surface area contributed by atoms with Gasteiger partial charge in [0.1, 0.15) is 11.8 Å². The summed E-state index contributed by atoms with van der Waals surface area (Å²) in [4.78, 5) is 11.3. The molecule has 2 aromatic rings. The van der Waals surface area contributed by atoms with Crippen molar-refractivity contribution in [2.75, 3.05) is 7.11 Å². The maximum atomic E-state index is 11.3. The zero-order valence-corrected chi connectivity index (χ0v) is 14.3. The second-order valence-electron chi connectivity index (χ2n) is 5.81. The summed E-state index contributed by atoms with van der Waals surface area (Å²) in [6.07, 6.45) is 2.57. The summed E-state index contributed by atoms with van der Waals surface area (Å²) in [5.41, 5.74) is 3.19. The predicted octanol–water partition coefficient (Wildman–Crippen LogP) is 4.10. The monoisotopic (exact) mass is 327 g/mol. The van der Waals surface area contributed by atoms with Crippen LogP contribution in [0.3, 0.4) is 0 Å². The lowest BCUT2D eigenvalue weighted by Crippen LogP contribution is -2.36. The first-order valence-corrected chi connectivity index (χ1v) is 8.34. The van der Waals surface area contributed by atoms with E-state index in [9.17, 15) is 9.90 Å². The smallest absolute Gasteiger partial charge is 0.320 e. The molecule has 0 aliphatic heterocycles. The van der Waals surface area contributed by atoms with E-state index in [4.69, 9.17) is 4.74 Å². The van der Waals surface area contributed by atoms with E-state index in [0.29, 0.717) is 13.0 Å². The number of aliphatic carboxylic acids is 1. The van der Waals surface area contributed by atoms with Gasteiger partial charge in [-0.25, -0.2) is 0 Å². The fraction of sp³-hybridized carbons (Fsp3) is 0.350. The van der Waals surface area contributed by atoms with Crippen molar-refractivity contribution in [3.8, 4) is 16.9 Å². The van der Waals surface area contributed by atoms with Gasteiger partial charge in [0.05, 0.1) is 7.11 Å². The topological polar surface area (TPSA) is 58.6 Å². The molecule has 0 spiro atoms. The first-order valence-electron chi connectivity index (χ1n) is 8.34. The van der Waals surface area contributed by atoms with Crippen LogP contribution in [0.2, 0.25) is 0 Å². The van der Waals surface area contributed by atoms with Crippen molar-refractivity contribution in [2.24, 2.45) is 0 Å². The number of hydrogen-bond donors (Lipinski definition) is 2. The van der Waals surface area contributed by atoms with Crippen LogP contribution in [0.5, 0.6) is 5.75 Å². The molecule has 24 heavy (non-hydrogen) atoms. The highest BCUT2D eigenvalue weighted by Crippen LogP contribution is 2.29. The summed E-state index contributed by atoms with van der Waals surface area (Å²) < 4.78 is 5.40. The van der Waals surface area contributed by atoms with Crippen LogP contribution in [0.4, 0.5) is 0 Å². The molecule has 2 N–H and O–H groups in total. The number of carboxylic acid groups (broad SMARTS) is 1. The highest BCUT2D eigenvalue weighted by Gasteiger charge is 2.15. The highest BCUT2D eigenvalue weighted by molar-refractivity contribution is 5.73. The number of carbonyl (C=O) groups is 1. The van der Waals surface area contributed by atoms with Gasteiger partial charge in [-0.05, 0) is 23.6 Å². The van der Waals surface area contributed by atoms with E-state index >= 15 is 0 Å². The van der Waals surface area contributed by atoms with Gasteiger partial charge in [0, 0.05) is 12.1 Å². The Balaban J connectivity index is 2.02. The average Bonchev–Trinajstić information content (AvgIpc) is 2.62. The van der Waals surface area contributed by atoms with Crippen LogP contribution < -0.4 is 10.1 Å². The summed E-state index contributed by atoms with van der Waals surface area (Å²) in [5, 5.41) is 12.4. The van der Waals surface area contributed by atoms with Crippen molar-refractivity contribution in [1.82, 2.24) is 5.32 Å². The second-order valence-corrected chi connectivity index (χ2v) is 5.81. The first-order chi connectivity index (χ1) is 11.7. The zero-order valence-electron chi connectivity index (χ0n) is 14.3. The molecular formula is C20H25NO3. The molecule has 2 rings (SSSR count). The summed E-state index contributed by atoms with van der Waals surface area (Å²) in [6, 6.07) is 15.5. The van der Waals surface area contributed by atoms with Crippen molar-refractivity contribution in [2.45, 2.75) is 38.8 Å². The Morgan fingerprint density at radius 3 is 2.50 bits per heavy atom. The number of para-hydroxylation sites is 1. The van der Waals surface area contributed by atoms with Gasteiger partial charge in [0.25, 0.3) is 0 Å². The minimum Gasteiger partial charge on any atom is -0.496 e. The fourth-order valence-corrected chi connectivity index (χ4v) is 2.65. The molecule has 4 heteroatoms. The Bertz CT molecular complexity index is 652. The molecule has 0 heterocycles. The molecule has 128 valence electrons. The molecule has 0 unspecified atom stereocenters.